The summed E-state index contributed by atoms with van der Waals surface area (Å²) in [4.78, 5) is 14.5. The van der Waals surface area contributed by atoms with E-state index in [1.165, 1.54) is 0 Å². The predicted octanol–water partition coefficient (Wildman–Crippen LogP) is 0.419. The molecule has 0 aromatic carbocycles. The number of nitrogens with zero attached hydrogens (tertiary/aromatic N) is 4. The first-order chi connectivity index (χ1) is 9.24. The van der Waals surface area contributed by atoms with Gasteiger partial charge in [0, 0.05) is 33.2 Å². The van der Waals surface area contributed by atoms with Crippen LogP contribution in [0.25, 0.3) is 0 Å². The lowest BCUT2D eigenvalue weighted by molar-refractivity contribution is 0.168. The molecule has 1 heterocycles. The summed E-state index contributed by atoms with van der Waals surface area (Å²) in [5, 5.41) is 0. The van der Waals surface area contributed by atoms with Crippen LogP contribution in [0.4, 0.5) is 11.9 Å². The molecular formula is C11H22N6O2. The van der Waals surface area contributed by atoms with E-state index in [1.54, 1.807) is 7.11 Å². The van der Waals surface area contributed by atoms with Gasteiger partial charge in [0.2, 0.25) is 11.9 Å². The largest absolute Gasteiger partial charge is 0.463 e. The van der Waals surface area contributed by atoms with Crippen molar-refractivity contribution in [1.29, 1.82) is 0 Å². The number of aromatic nitrogens is 3. The molecule has 0 bridgehead atoms. The minimum atomic E-state index is 0.265. The number of ether oxygens (including phenoxy) is 2. The van der Waals surface area contributed by atoms with E-state index in [2.05, 4.69) is 20.4 Å². The molecule has 0 saturated carbocycles. The third-order valence-corrected chi connectivity index (χ3v) is 2.50. The molecule has 19 heavy (non-hydrogen) atoms. The standard InChI is InChI=1S/C11H22N6O2/c1-4-17(5-2)10-13-9(16-12)14-11(15-10)19-8-6-7-18-3/h4-8,12H2,1-3H3,(H,13,14,15,16). The van der Waals surface area contributed by atoms with E-state index in [1.807, 2.05) is 18.7 Å². The lowest BCUT2D eigenvalue weighted by atomic mass is 10.5. The van der Waals surface area contributed by atoms with E-state index in [0.717, 1.165) is 19.5 Å². The summed E-state index contributed by atoms with van der Waals surface area (Å²) < 4.78 is 10.4. The highest BCUT2D eigenvalue weighted by atomic mass is 16.5. The minimum Gasteiger partial charge on any atom is -0.463 e. The zero-order chi connectivity index (χ0) is 14.1. The molecule has 0 spiro atoms. The molecule has 8 nitrogen and oxygen atoms in total. The number of anilines is 2. The molecule has 3 N–H and O–H groups in total. The maximum absolute atomic E-state index is 5.47. The highest BCUT2D eigenvalue weighted by Crippen LogP contribution is 2.14. The molecule has 0 amide bonds. The Kier molecular flexibility index (Phi) is 6.83. The van der Waals surface area contributed by atoms with Crippen LogP contribution < -0.4 is 20.9 Å². The number of nitrogens with two attached hydrogens (primary N) is 1. The highest BCUT2D eigenvalue weighted by molar-refractivity contribution is 5.37. The SMILES string of the molecule is CCN(CC)c1nc(NN)nc(OCCCOC)n1. The number of nitrogen functional groups attached to an aromatic ring is 1. The quantitative estimate of drug-likeness (QED) is 0.378. The molecule has 0 aliphatic heterocycles. The fraction of sp³-hybridized carbons (Fsp3) is 0.727. The lowest BCUT2D eigenvalue weighted by Gasteiger charge is -2.19. The van der Waals surface area contributed by atoms with Crippen LogP contribution in [-0.4, -0.2) is 48.4 Å². The Hall–Kier alpha value is -1.67. The zero-order valence-electron chi connectivity index (χ0n) is 11.7. The molecule has 0 aliphatic rings. The van der Waals surface area contributed by atoms with Crippen molar-refractivity contribution in [2.24, 2.45) is 5.84 Å². The highest BCUT2D eigenvalue weighted by Gasteiger charge is 2.11. The van der Waals surface area contributed by atoms with Gasteiger partial charge in [0.05, 0.1) is 6.61 Å². The predicted molar refractivity (Wildman–Crippen MR) is 73.2 cm³/mol. The van der Waals surface area contributed by atoms with Gasteiger partial charge in [0.15, 0.2) is 0 Å². The molecule has 0 aliphatic carbocycles. The van der Waals surface area contributed by atoms with Gasteiger partial charge in [-0.25, -0.2) is 5.84 Å². The van der Waals surface area contributed by atoms with Crippen molar-refractivity contribution >= 4 is 11.9 Å². The monoisotopic (exact) mass is 270 g/mol. The average Bonchev–Trinajstić information content (AvgIpc) is 2.45. The van der Waals surface area contributed by atoms with E-state index in [9.17, 15) is 0 Å². The summed E-state index contributed by atoms with van der Waals surface area (Å²) in [5.41, 5.74) is 2.42. The average molecular weight is 270 g/mol. The fourth-order valence-electron chi connectivity index (χ4n) is 1.49. The van der Waals surface area contributed by atoms with Crippen LogP contribution in [0.2, 0.25) is 0 Å². The van der Waals surface area contributed by atoms with Gasteiger partial charge < -0.3 is 14.4 Å². The first-order valence-electron chi connectivity index (χ1n) is 6.34. The normalized spacial score (nSPS) is 10.3. The van der Waals surface area contributed by atoms with Crippen molar-refractivity contribution in [3.63, 3.8) is 0 Å². The molecular weight excluding hydrogens is 248 g/mol. The molecule has 0 fully saturated rings. The summed E-state index contributed by atoms with van der Waals surface area (Å²) in [6.45, 7) is 6.78. The zero-order valence-corrected chi connectivity index (χ0v) is 11.7. The van der Waals surface area contributed by atoms with Gasteiger partial charge in [-0.05, 0) is 13.8 Å². The fourth-order valence-corrected chi connectivity index (χ4v) is 1.49. The summed E-state index contributed by atoms with van der Waals surface area (Å²) in [7, 11) is 1.65. The first-order valence-corrected chi connectivity index (χ1v) is 6.34. The summed E-state index contributed by atoms with van der Waals surface area (Å²) in [6.07, 6.45) is 0.772. The van der Waals surface area contributed by atoms with E-state index >= 15 is 0 Å². The van der Waals surface area contributed by atoms with Crippen LogP contribution in [0, 0.1) is 0 Å². The van der Waals surface area contributed by atoms with Crippen molar-refractivity contribution in [3.8, 4) is 6.01 Å². The second-order valence-electron chi connectivity index (χ2n) is 3.75. The molecule has 1 aromatic heterocycles. The Balaban J connectivity index is 2.77. The van der Waals surface area contributed by atoms with Gasteiger partial charge >= 0.3 is 6.01 Å². The van der Waals surface area contributed by atoms with E-state index in [-0.39, 0.29) is 6.01 Å². The maximum Gasteiger partial charge on any atom is 0.323 e. The van der Waals surface area contributed by atoms with Crippen LogP contribution in [0.3, 0.4) is 0 Å². The minimum absolute atomic E-state index is 0.265. The first kappa shape index (κ1) is 15.4. The van der Waals surface area contributed by atoms with Gasteiger partial charge in [-0.3, -0.25) is 5.43 Å². The molecule has 0 atom stereocenters. The lowest BCUT2D eigenvalue weighted by Crippen LogP contribution is -2.25. The molecule has 1 aromatic rings. The number of nitrogens with one attached hydrogen (secondary N) is 1. The number of hydrogen-bond acceptors (Lipinski definition) is 8. The van der Waals surface area contributed by atoms with Crippen LogP contribution in [0.1, 0.15) is 20.3 Å². The van der Waals surface area contributed by atoms with Crippen LogP contribution in [0.15, 0.2) is 0 Å². The Labute approximate surface area is 113 Å². The van der Waals surface area contributed by atoms with Crippen molar-refractivity contribution < 1.29 is 9.47 Å². The topological polar surface area (TPSA) is 98.4 Å². The number of hydrazine groups is 1. The van der Waals surface area contributed by atoms with Gasteiger partial charge in [-0.1, -0.05) is 0 Å². The Morgan fingerprint density at radius 1 is 1.16 bits per heavy atom. The third kappa shape index (κ3) is 4.84. The number of hydrogen-bond donors (Lipinski definition) is 2. The van der Waals surface area contributed by atoms with Crippen LogP contribution >= 0.6 is 0 Å². The Bertz CT molecular complexity index is 372. The van der Waals surface area contributed by atoms with E-state index in [0.29, 0.717) is 25.1 Å². The Morgan fingerprint density at radius 2 is 1.89 bits per heavy atom. The second-order valence-corrected chi connectivity index (χ2v) is 3.75. The molecule has 0 radical (unpaired) electrons. The summed E-state index contributed by atoms with van der Waals surface area (Å²) >= 11 is 0. The van der Waals surface area contributed by atoms with Crippen LogP contribution in [-0.2, 0) is 4.74 Å². The second kappa shape index (κ2) is 8.44. The summed E-state index contributed by atoms with van der Waals surface area (Å²) in [6, 6.07) is 0.265. The summed E-state index contributed by atoms with van der Waals surface area (Å²) in [5.74, 6) is 6.19. The number of rotatable bonds is 9. The van der Waals surface area contributed by atoms with E-state index in [4.69, 9.17) is 15.3 Å². The molecule has 1 rings (SSSR count). The Morgan fingerprint density at radius 3 is 2.47 bits per heavy atom. The van der Waals surface area contributed by atoms with Crippen molar-refractivity contribution in [3.05, 3.63) is 0 Å². The molecule has 108 valence electrons. The van der Waals surface area contributed by atoms with Gasteiger partial charge in [-0.2, -0.15) is 15.0 Å². The van der Waals surface area contributed by atoms with Crippen molar-refractivity contribution in [2.75, 3.05) is 43.7 Å². The maximum atomic E-state index is 5.47. The van der Waals surface area contributed by atoms with Gasteiger partial charge in [0.1, 0.15) is 0 Å². The van der Waals surface area contributed by atoms with Crippen LogP contribution in [0.5, 0.6) is 6.01 Å². The van der Waals surface area contributed by atoms with Crippen molar-refractivity contribution in [2.45, 2.75) is 20.3 Å². The molecule has 8 heteroatoms. The number of methoxy groups -OCH3 is 1. The van der Waals surface area contributed by atoms with Gasteiger partial charge in [0.25, 0.3) is 0 Å². The van der Waals surface area contributed by atoms with E-state index < -0.39 is 0 Å². The molecule has 0 unspecified atom stereocenters. The third-order valence-electron chi connectivity index (χ3n) is 2.50. The van der Waals surface area contributed by atoms with Gasteiger partial charge in [-0.15, -0.1) is 0 Å². The molecule has 0 saturated heterocycles. The van der Waals surface area contributed by atoms with Crippen molar-refractivity contribution in [1.82, 2.24) is 15.0 Å². The smallest absolute Gasteiger partial charge is 0.323 e.